The molecule has 1 saturated heterocycles. The van der Waals surface area contributed by atoms with Crippen LogP contribution in [-0.4, -0.2) is 41.3 Å². The number of hydrogen-bond donors (Lipinski definition) is 1. The molecule has 1 amide bonds. The summed E-state index contributed by atoms with van der Waals surface area (Å²) in [7, 11) is -1.90. The number of carbonyl (C=O) groups is 1. The Morgan fingerprint density at radius 2 is 1.80 bits per heavy atom. The minimum atomic E-state index is -3.57. The van der Waals surface area contributed by atoms with Crippen molar-refractivity contribution in [1.82, 2.24) is 13.9 Å². The molecule has 3 heterocycles. The van der Waals surface area contributed by atoms with E-state index in [0.29, 0.717) is 18.2 Å². The zero-order chi connectivity index (χ0) is 21.5. The topological polar surface area (TPSA) is 84.3 Å². The molecule has 0 radical (unpaired) electrons. The van der Waals surface area contributed by atoms with Crippen molar-refractivity contribution in [2.45, 2.75) is 31.6 Å². The van der Waals surface area contributed by atoms with Crippen molar-refractivity contribution in [3.05, 3.63) is 52.7 Å². The van der Waals surface area contributed by atoms with Gasteiger partial charge in [0, 0.05) is 36.8 Å². The van der Waals surface area contributed by atoms with Gasteiger partial charge in [-0.25, -0.2) is 13.4 Å². The summed E-state index contributed by atoms with van der Waals surface area (Å²) < 4.78 is 28.6. The van der Waals surface area contributed by atoms with Gasteiger partial charge in [0.2, 0.25) is 10.0 Å². The Morgan fingerprint density at radius 1 is 1.13 bits per heavy atom. The van der Waals surface area contributed by atoms with Crippen LogP contribution in [0.4, 0.5) is 5.13 Å². The van der Waals surface area contributed by atoms with Crippen molar-refractivity contribution in [2.24, 2.45) is 7.05 Å². The van der Waals surface area contributed by atoms with Crippen molar-refractivity contribution in [3.8, 4) is 11.3 Å². The Morgan fingerprint density at radius 3 is 2.47 bits per heavy atom. The molecule has 30 heavy (non-hydrogen) atoms. The Bertz CT molecular complexity index is 1190. The molecule has 0 aliphatic carbocycles. The van der Waals surface area contributed by atoms with Crippen LogP contribution < -0.4 is 5.32 Å². The smallest absolute Gasteiger partial charge is 0.274 e. The van der Waals surface area contributed by atoms with Crippen molar-refractivity contribution >= 4 is 32.4 Å². The van der Waals surface area contributed by atoms with E-state index in [1.54, 1.807) is 11.6 Å². The summed E-state index contributed by atoms with van der Waals surface area (Å²) in [6, 6.07) is 9.51. The second-order valence-corrected chi connectivity index (χ2v) is 10.7. The highest BCUT2D eigenvalue weighted by Gasteiger charge is 2.29. The van der Waals surface area contributed by atoms with Gasteiger partial charge in [-0.1, -0.05) is 29.8 Å². The Hall–Kier alpha value is -2.49. The molecule has 0 atom stereocenters. The molecule has 4 rings (SSSR count). The number of rotatable bonds is 5. The molecule has 1 aliphatic heterocycles. The zero-order valence-electron chi connectivity index (χ0n) is 17.2. The van der Waals surface area contributed by atoms with Crippen LogP contribution >= 0.6 is 11.3 Å². The van der Waals surface area contributed by atoms with E-state index in [9.17, 15) is 13.2 Å². The molecule has 0 spiro atoms. The van der Waals surface area contributed by atoms with E-state index >= 15 is 0 Å². The van der Waals surface area contributed by atoms with Crippen LogP contribution in [0, 0.1) is 13.8 Å². The minimum absolute atomic E-state index is 0.146. The predicted octanol–water partition coefficient (Wildman–Crippen LogP) is 3.80. The van der Waals surface area contributed by atoms with Gasteiger partial charge in [0.25, 0.3) is 5.91 Å². The molecule has 1 aliphatic rings. The Balaban J connectivity index is 1.56. The number of thiazole rings is 1. The van der Waals surface area contributed by atoms with Crippen LogP contribution in [0.3, 0.4) is 0 Å². The molecular formula is C21H24N4O3S2. The zero-order valence-corrected chi connectivity index (χ0v) is 18.8. The molecule has 158 valence electrons. The highest BCUT2D eigenvalue weighted by Crippen LogP contribution is 2.31. The summed E-state index contributed by atoms with van der Waals surface area (Å²) in [6.45, 7) is 5.05. The third-order valence-corrected chi connectivity index (χ3v) is 8.01. The summed E-state index contributed by atoms with van der Waals surface area (Å²) in [5.41, 5.74) is 3.27. The van der Waals surface area contributed by atoms with E-state index in [0.717, 1.165) is 29.0 Å². The summed E-state index contributed by atoms with van der Waals surface area (Å²) in [4.78, 5) is 18.5. The fraction of sp³-hybridized carbons (Fsp3) is 0.333. The van der Waals surface area contributed by atoms with E-state index < -0.39 is 10.0 Å². The third-order valence-electron chi connectivity index (χ3n) is 5.26. The first-order chi connectivity index (χ1) is 14.3. The summed E-state index contributed by atoms with van der Waals surface area (Å²) in [6.07, 6.45) is 3.23. The number of anilines is 1. The average Bonchev–Trinajstić information content (AvgIpc) is 3.43. The lowest BCUT2D eigenvalue weighted by molar-refractivity contribution is 0.101. The van der Waals surface area contributed by atoms with Gasteiger partial charge in [-0.05, 0) is 32.8 Å². The van der Waals surface area contributed by atoms with Gasteiger partial charge >= 0.3 is 0 Å². The second-order valence-electron chi connectivity index (χ2n) is 7.53. The van der Waals surface area contributed by atoms with Crippen LogP contribution in [0.2, 0.25) is 0 Å². The Kier molecular flexibility index (Phi) is 5.52. The Labute approximate surface area is 180 Å². The largest absolute Gasteiger partial charge is 0.345 e. The number of sulfonamides is 1. The lowest BCUT2D eigenvalue weighted by atomic mass is 10.1. The van der Waals surface area contributed by atoms with E-state index in [-0.39, 0.29) is 16.5 Å². The molecule has 0 bridgehead atoms. The highest BCUT2D eigenvalue weighted by molar-refractivity contribution is 7.89. The molecule has 7 nitrogen and oxygen atoms in total. The lowest BCUT2D eigenvalue weighted by Crippen LogP contribution is -2.27. The number of amides is 1. The van der Waals surface area contributed by atoms with Crippen molar-refractivity contribution < 1.29 is 13.2 Å². The molecule has 1 fully saturated rings. The second kappa shape index (κ2) is 7.98. The predicted molar refractivity (Wildman–Crippen MR) is 118 cm³/mol. The molecule has 9 heteroatoms. The first-order valence-corrected chi connectivity index (χ1v) is 12.0. The number of benzene rings is 1. The SMILES string of the molecule is Cc1ccc(-c2nc(NC(=O)c3cc(S(=O)(=O)N4CCCC4)cn3C)sc2C)cc1. The summed E-state index contributed by atoms with van der Waals surface area (Å²) >= 11 is 1.40. The van der Waals surface area contributed by atoms with Crippen LogP contribution in [-0.2, 0) is 17.1 Å². The number of carbonyl (C=O) groups excluding carboxylic acids is 1. The minimum Gasteiger partial charge on any atom is -0.345 e. The van der Waals surface area contributed by atoms with Gasteiger partial charge in [-0.15, -0.1) is 11.3 Å². The quantitative estimate of drug-likeness (QED) is 0.649. The molecule has 1 N–H and O–H groups in total. The molecule has 0 unspecified atom stereocenters. The van der Waals surface area contributed by atoms with Gasteiger partial charge in [0.1, 0.15) is 10.6 Å². The molecule has 0 saturated carbocycles. The van der Waals surface area contributed by atoms with E-state index in [4.69, 9.17) is 0 Å². The maximum atomic E-state index is 12.8. The highest BCUT2D eigenvalue weighted by atomic mass is 32.2. The molecule has 2 aromatic heterocycles. The number of aromatic nitrogens is 2. The van der Waals surface area contributed by atoms with Crippen molar-refractivity contribution in [3.63, 3.8) is 0 Å². The molecule has 1 aromatic carbocycles. The van der Waals surface area contributed by atoms with Crippen LogP contribution in [0.5, 0.6) is 0 Å². The normalized spacial score (nSPS) is 14.9. The lowest BCUT2D eigenvalue weighted by Gasteiger charge is -2.13. The fourth-order valence-corrected chi connectivity index (χ4v) is 5.99. The third kappa shape index (κ3) is 3.92. The van der Waals surface area contributed by atoms with Crippen LogP contribution in [0.15, 0.2) is 41.4 Å². The van der Waals surface area contributed by atoms with Gasteiger partial charge in [0.05, 0.1) is 5.69 Å². The average molecular weight is 445 g/mol. The van der Waals surface area contributed by atoms with Crippen LogP contribution in [0.1, 0.15) is 33.8 Å². The monoisotopic (exact) mass is 444 g/mol. The number of nitrogens with one attached hydrogen (secondary N) is 1. The van der Waals surface area contributed by atoms with Gasteiger partial charge < -0.3 is 4.57 Å². The number of hydrogen-bond acceptors (Lipinski definition) is 5. The van der Waals surface area contributed by atoms with E-state index in [2.05, 4.69) is 10.3 Å². The van der Waals surface area contributed by atoms with Crippen LogP contribution in [0.25, 0.3) is 11.3 Å². The molecule has 3 aromatic rings. The van der Waals surface area contributed by atoms with Crippen molar-refractivity contribution in [2.75, 3.05) is 18.4 Å². The molecular weight excluding hydrogens is 420 g/mol. The standard InChI is InChI=1S/C21H24N4O3S2/c1-14-6-8-16(9-7-14)19-15(2)29-21(22-19)23-20(26)18-12-17(13-24(18)3)30(27,28)25-10-4-5-11-25/h6-9,12-13H,4-5,10-11H2,1-3H3,(H,22,23,26). The van der Waals surface area contributed by atoms with Gasteiger partial charge in [0.15, 0.2) is 5.13 Å². The van der Waals surface area contributed by atoms with E-state index in [1.165, 1.54) is 33.5 Å². The van der Waals surface area contributed by atoms with Crippen molar-refractivity contribution in [1.29, 1.82) is 0 Å². The first kappa shape index (κ1) is 20.8. The van der Waals surface area contributed by atoms with E-state index in [1.807, 2.05) is 38.1 Å². The van der Waals surface area contributed by atoms with Gasteiger partial charge in [-0.2, -0.15) is 4.31 Å². The summed E-state index contributed by atoms with van der Waals surface area (Å²) in [5, 5.41) is 3.30. The first-order valence-electron chi connectivity index (χ1n) is 9.78. The summed E-state index contributed by atoms with van der Waals surface area (Å²) in [5.74, 6) is -0.385. The number of aryl methyl sites for hydroxylation is 3. The van der Waals surface area contributed by atoms with Gasteiger partial charge in [-0.3, -0.25) is 10.1 Å². The maximum Gasteiger partial charge on any atom is 0.274 e. The fourth-order valence-electron chi connectivity index (χ4n) is 3.57. The maximum absolute atomic E-state index is 12.8. The number of nitrogens with zero attached hydrogens (tertiary/aromatic N) is 3.